The van der Waals surface area contributed by atoms with E-state index < -0.39 is 0 Å². The number of nitrogens with zero attached hydrogens (tertiary/aromatic N) is 2. The van der Waals surface area contributed by atoms with Gasteiger partial charge in [-0.3, -0.25) is 0 Å². The van der Waals surface area contributed by atoms with Gasteiger partial charge in [0, 0.05) is 11.1 Å². The summed E-state index contributed by atoms with van der Waals surface area (Å²) in [6.07, 6.45) is 0. The fourth-order valence-corrected chi connectivity index (χ4v) is 3.19. The molecule has 0 bridgehead atoms. The second-order valence-corrected chi connectivity index (χ2v) is 6.01. The first-order valence-corrected chi connectivity index (χ1v) is 8.19. The van der Waals surface area contributed by atoms with E-state index in [1.54, 1.807) is 0 Å². The first-order valence-electron chi connectivity index (χ1n) is 8.19. The van der Waals surface area contributed by atoms with Crippen LogP contribution in [0.15, 0.2) is 89.5 Å². The van der Waals surface area contributed by atoms with Gasteiger partial charge in [0.2, 0.25) is 5.82 Å². The van der Waals surface area contributed by atoms with E-state index in [4.69, 9.17) is 4.52 Å². The Morgan fingerprint density at radius 2 is 1.40 bits per heavy atom. The van der Waals surface area contributed by atoms with E-state index >= 15 is 0 Å². The highest BCUT2D eigenvalue weighted by Gasteiger charge is 2.13. The van der Waals surface area contributed by atoms with Crippen molar-refractivity contribution >= 4 is 21.5 Å². The molecule has 0 atom stereocenters. The van der Waals surface area contributed by atoms with Gasteiger partial charge in [0.15, 0.2) is 0 Å². The molecule has 0 amide bonds. The van der Waals surface area contributed by atoms with E-state index in [0.29, 0.717) is 11.7 Å². The molecule has 0 saturated heterocycles. The van der Waals surface area contributed by atoms with Crippen LogP contribution in [0.3, 0.4) is 0 Å². The summed E-state index contributed by atoms with van der Waals surface area (Å²) in [5, 5.41) is 8.82. The molecular weight excluding hydrogens is 308 g/mol. The van der Waals surface area contributed by atoms with Crippen LogP contribution in [-0.4, -0.2) is 10.1 Å². The van der Waals surface area contributed by atoms with Gasteiger partial charge in [-0.1, -0.05) is 78.0 Å². The van der Waals surface area contributed by atoms with E-state index in [9.17, 15) is 0 Å². The van der Waals surface area contributed by atoms with E-state index in [1.807, 2.05) is 42.5 Å². The second-order valence-electron chi connectivity index (χ2n) is 6.01. The third-order valence-corrected chi connectivity index (χ3v) is 4.45. The highest BCUT2D eigenvalue weighted by atomic mass is 16.5. The Morgan fingerprint density at radius 3 is 2.32 bits per heavy atom. The molecule has 5 rings (SSSR count). The van der Waals surface area contributed by atoms with Gasteiger partial charge in [-0.2, -0.15) is 4.98 Å². The van der Waals surface area contributed by atoms with Gasteiger partial charge in [0.05, 0.1) is 0 Å². The zero-order chi connectivity index (χ0) is 16.6. The molecular formula is C22H14N2O. The Kier molecular flexibility index (Phi) is 3.10. The number of benzene rings is 4. The summed E-state index contributed by atoms with van der Waals surface area (Å²) in [5.74, 6) is 1.15. The number of rotatable bonds is 2. The number of hydrogen-bond acceptors (Lipinski definition) is 3. The minimum atomic E-state index is 0.542. The number of hydrogen-bond donors (Lipinski definition) is 0. The number of fused-ring (bicyclic) bond motifs is 2. The molecule has 0 aliphatic rings. The van der Waals surface area contributed by atoms with Crippen LogP contribution in [0.1, 0.15) is 0 Å². The Hall–Kier alpha value is -3.46. The quantitative estimate of drug-likeness (QED) is 0.418. The van der Waals surface area contributed by atoms with Crippen molar-refractivity contribution in [3.63, 3.8) is 0 Å². The molecule has 0 aliphatic carbocycles. The fraction of sp³-hybridized carbons (Fsp3) is 0. The van der Waals surface area contributed by atoms with Gasteiger partial charge in [-0.05, 0) is 33.7 Å². The van der Waals surface area contributed by atoms with Crippen molar-refractivity contribution in [1.82, 2.24) is 10.1 Å². The lowest BCUT2D eigenvalue weighted by atomic mass is 10.0. The first kappa shape index (κ1) is 13.9. The molecule has 0 fully saturated rings. The lowest BCUT2D eigenvalue weighted by molar-refractivity contribution is 0.432. The molecule has 0 aliphatic heterocycles. The van der Waals surface area contributed by atoms with Gasteiger partial charge in [0.25, 0.3) is 5.89 Å². The molecule has 3 nitrogen and oxygen atoms in total. The predicted octanol–water partition coefficient (Wildman–Crippen LogP) is 5.71. The summed E-state index contributed by atoms with van der Waals surface area (Å²) in [5.41, 5.74) is 1.91. The average molecular weight is 322 g/mol. The molecule has 4 aromatic carbocycles. The van der Waals surface area contributed by atoms with E-state index in [-0.39, 0.29) is 0 Å². The highest BCUT2D eigenvalue weighted by Crippen LogP contribution is 2.29. The monoisotopic (exact) mass is 322 g/mol. The zero-order valence-electron chi connectivity index (χ0n) is 13.4. The summed E-state index contributed by atoms with van der Waals surface area (Å²) in [7, 11) is 0. The maximum Gasteiger partial charge on any atom is 0.258 e. The van der Waals surface area contributed by atoms with Crippen LogP contribution in [0.2, 0.25) is 0 Å². The molecule has 118 valence electrons. The highest BCUT2D eigenvalue weighted by molar-refractivity contribution is 5.95. The molecule has 1 aromatic heterocycles. The van der Waals surface area contributed by atoms with E-state index in [1.165, 1.54) is 5.39 Å². The smallest absolute Gasteiger partial charge is 0.258 e. The van der Waals surface area contributed by atoms with Crippen LogP contribution in [0.4, 0.5) is 0 Å². The molecule has 0 saturated carbocycles. The van der Waals surface area contributed by atoms with Crippen molar-refractivity contribution in [2.75, 3.05) is 0 Å². The third kappa shape index (κ3) is 2.37. The van der Waals surface area contributed by atoms with Crippen LogP contribution >= 0.6 is 0 Å². The van der Waals surface area contributed by atoms with Gasteiger partial charge in [-0.25, -0.2) is 0 Å². The molecule has 0 radical (unpaired) electrons. The Morgan fingerprint density at radius 1 is 0.640 bits per heavy atom. The Balaban J connectivity index is 1.62. The molecule has 25 heavy (non-hydrogen) atoms. The van der Waals surface area contributed by atoms with E-state index in [0.717, 1.165) is 27.3 Å². The summed E-state index contributed by atoms with van der Waals surface area (Å²) >= 11 is 0. The summed E-state index contributed by atoms with van der Waals surface area (Å²) in [6, 6.07) is 28.8. The maximum atomic E-state index is 5.56. The van der Waals surface area contributed by atoms with Crippen molar-refractivity contribution < 1.29 is 4.52 Å². The van der Waals surface area contributed by atoms with Crippen molar-refractivity contribution in [2.45, 2.75) is 0 Å². The predicted molar refractivity (Wildman–Crippen MR) is 100 cm³/mol. The van der Waals surface area contributed by atoms with Gasteiger partial charge >= 0.3 is 0 Å². The lowest BCUT2D eigenvalue weighted by Gasteiger charge is -2.01. The topological polar surface area (TPSA) is 38.9 Å². The summed E-state index contributed by atoms with van der Waals surface area (Å²) in [6.45, 7) is 0. The fourth-order valence-electron chi connectivity index (χ4n) is 3.19. The lowest BCUT2D eigenvalue weighted by Crippen LogP contribution is -1.83. The number of aromatic nitrogens is 2. The van der Waals surface area contributed by atoms with Crippen LogP contribution in [-0.2, 0) is 0 Å². The SMILES string of the molecule is c1ccc2cc(-c3noc(-c4cccc5ccccc45)n3)ccc2c1. The van der Waals surface area contributed by atoms with Crippen LogP contribution in [0.5, 0.6) is 0 Å². The zero-order valence-corrected chi connectivity index (χ0v) is 13.4. The molecule has 0 spiro atoms. The molecule has 1 heterocycles. The average Bonchev–Trinajstić information content (AvgIpc) is 3.17. The maximum absolute atomic E-state index is 5.56. The largest absolute Gasteiger partial charge is 0.334 e. The molecule has 0 unspecified atom stereocenters. The molecule has 3 heteroatoms. The van der Waals surface area contributed by atoms with Crippen molar-refractivity contribution in [3.8, 4) is 22.8 Å². The first-order chi connectivity index (χ1) is 12.4. The van der Waals surface area contributed by atoms with Crippen molar-refractivity contribution in [1.29, 1.82) is 0 Å². The van der Waals surface area contributed by atoms with Crippen LogP contribution in [0.25, 0.3) is 44.4 Å². The second kappa shape index (κ2) is 5.56. The Bertz CT molecular complexity index is 1200. The van der Waals surface area contributed by atoms with Crippen LogP contribution in [0, 0.1) is 0 Å². The third-order valence-electron chi connectivity index (χ3n) is 4.45. The van der Waals surface area contributed by atoms with Gasteiger partial charge in [0.1, 0.15) is 0 Å². The van der Waals surface area contributed by atoms with Gasteiger partial charge < -0.3 is 4.52 Å². The summed E-state index contributed by atoms with van der Waals surface area (Å²) in [4.78, 5) is 4.63. The van der Waals surface area contributed by atoms with Crippen LogP contribution < -0.4 is 0 Å². The van der Waals surface area contributed by atoms with Crippen molar-refractivity contribution in [3.05, 3.63) is 84.9 Å². The standard InChI is InChI=1S/C22H14N2O/c1-2-8-17-14-18(13-12-15(17)6-1)21-23-22(25-24-21)20-11-5-9-16-7-3-4-10-19(16)20/h1-14H. The molecule has 5 aromatic rings. The normalized spacial score (nSPS) is 11.2. The minimum absolute atomic E-state index is 0.542. The van der Waals surface area contributed by atoms with Crippen molar-refractivity contribution in [2.24, 2.45) is 0 Å². The summed E-state index contributed by atoms with van der Waals surface area (Å²) < 4.78 is 5.56. The molecule has 0 N–H and O–H groups in total. The minimum Gasteiger partial charge on any atom is -0.334 e. The van der Waals surface area contributed by atoms with E-state index in [2.05, 4.69) is 52.6 Å². The Labute approximate surface area is 144 Å². The van der Waals surface area contributed by atoms with Gasteiger partial charge in [-0.15, -0.1) is 0 Å².